The van der Waals surface area contributed by atoms with E-state index in [4.69, 9.17) is 9.83 Å². The molecule has 0 spiro atoms. The SMILES string of the molecule is Fc1ccccc1CO/N=C/C1=NC(c2ccccc2)N=C1c1ccccc1. The Labute approximate surface area is 162 Å². The van der Waals surface area contributed by atoms with Crippen molar-refractivity contribution in [2.45, 2.75) is 12.8 Å². The van der Waals surface area contributed by atoms with Gasteiger partial charge in [-0.25, -0.2) is 9.38 Å². The average molecular weight is 371 g/mol. The Kier molecular flexibility index (Phi) is 5.33. The summed E-state index contributed by atoms with van der Waals surface area (Å²) in [5, 5.41) is 3.99. The molecule has 138 valence electrons. The zero-order valence-electron chi connectivity index (χ0n) is 15.1. The predicted octanol–water partition coefficient (Wildman–Crippen LogP) is 4.97. The molecule has 0 fully saturated rings. The van der Waals surface area contributed by atoms with Gasteiger partial charge in [-0.3, -0.25) is 4.99 Å². The number of hydrogen-bond donors (Lipinski definition) is 0. The highest BCUT2D eigenvalue weighted by atomic mass is 19.1. The number of hydrogen-bond acceptors (Lipinski definition) is 4. The van der Waals surface area contributed by atoms with Crippen molar-refractivity contribution in [2.24, 2.45) is 15.1 Å². The molecule has 1 heterocycles. The number of oxime groups is 1. The van der Waals surface area contributed by atoms with Crippen molar-refractivity contribution in [1.82, 2.24) is 0 Å². The van der Waals surface area contributed by atoms with Crippen LogP contribution in [0.4, 0.5) is 4.39 Å². The molecule has 0 N–H and O–H groups in total. The van der Waals surface area contributed by atoms with E-state index in [9.17, 15) is 4.39 Å². The van der Waals surface area contributed by atoms with E-state index < -0.39 is 0 Å². The average Bonchev–Trinajstić information content (AvgIpc) is 3.18. The molecule has 0 bridgehead atoms. The Balaban J connectivity index is 1.54. The minimum atomic E-state index is -0.315. The van der Waals surface area contributed by atoms with E-state index in [1.165, 1.54) is 12.3 Å². The molecule has 0 aromatic heterocycles. The van der Waals surface area contributed by atoms with Crippen LogP contribution in [0.3, 0.4) is 0 Å². The van der Waals surface area contributed by atoms with Crippen LogP contribution in [0.15, 0.2) is 100 Å². The fourth-order valence-corrected chi connectivity index (χ4v) is 2.91. The van der Waals surface area contributed by atoms with Gasteiger partial charge in [0.05, 0.1) is 11.9 Å². The van der Waals surface area contributed by atoms with Gasteiger partial charge in [-0.15, -0.1) is 0 Å². The number of rotatable bonds is 6. The summed E-state index contributed by atoms with van der Waals surface area (Å²) in [7, 11) is 0. The van der Waals surface area contributed by atoms with E-state index in [1.54, 1.807) is 18.2 Å². The molecule has 0 radical (unpaired) electrons. The van der Waals surface area contributed by atoms with Crippen molar-refractivity contribution in [3.8, 4) is 0 Å². The highest BCUT2D eigenvalue weighted by molar-refractivity contribution is 6.67. The van der Waals surface area contributed by atoms with E-state index >= 15 is 0 Å². The van der Waals surface area contributed by atoms with Gasteiger partial charge in [-0.2, -0.15) is 0 Å². The molecular weight excluding hydrogens is 353 g/mol. The Morgan fingerprint density at radius 2 is 1.54 bits per heavy atom. The van der Waals surface area contributed by atoms with Crippen LogP contribution in [0.1, 0.15) is 22.9 Å². The molecule has 0 amide bonds. The number of nitrogens with zero attached hydrogens (tertiary/aromatic N) is 3. The fourth-order valence-electron chi connectivity index (χ4n) is 2.91. The smallest absolute Gasteiger partial charge is 0.166 e. The second-order valence-corrected chi connectivity index (χ2v) is 6.24. The van der Waals surface area contributed by atoms with Crippen LogP contribution in [-0.4, -0.2) is 17.6 Å². The lowest BCUT2D eigenvalue weighted by molar-refractivity contribution is 0.130. The third-order valence-electron chi connectivity index (χ3n) is 4.33. The van der Waals surface area contributed by atoms with Gasteiger partial charge in [-0.05, 0) is 11.6 Å². The van der Waals surface area contributed by atoms with Gasteiger partial charge < -0.3 is 4.84 Å². The molecule has 1 atom stereocenters. The molecule has 0 aliphatic carbocycles. The standard InChI is InChI=1S/C23H18FN3O/c24-20-14-8-7-13-19(20)16-28-25-15-21-22(17-9-3-1-4-10-17)27-23(26-21)18-11-5-2-6-12-18/h1-15,23H,16H2/b25-15+. The van der Waals surface area contributed by atoms with Crippen molar-refractivity contribution >= 4 is 17.6 Å². The fraction of sp³-hybridized carbons (Fsp3) is 0.0870. The quantitative estimate of drug-likeness (QED) is 0.446. The van der Waals surface area contributed by atoms with Crippen LogP contribution < -0.4 is 0 Å². The Bertz CT molecular complexity index is 1030. The highest BCUT2D eigenvalue weighted by Crippen LogP contribution is 2.25. The van der Waals surface area contributed by atoms with Crippen molar-refractivity contribution in [1.29, 1.82) is 0 Å². The summed E-state index contributed by atoms with van der Waals surface area (Å²) in [5.74, 6) is -0.313. The molecule has 1 aliphatic heterocycles. The topological polar surface area (TPSA) is 46.3 Å². The number of benzene rings is 3. The third kappa shape index (κ3) is 4.04. The lowest BCUT2D eigenvalue weighted by atomic mass is 10.1. The zero-order valence-corrected chi connectivity index (χ0v) is 15.1. The molecule has 28 heavy (non-hydrogen) atoms. The Hall–Kier alpha value is -3.60. The monoisotopic (exact) mass is 371 g/mol. The molecule has 4 nitrogen and oxygen atoms in total. The summed E-state index contributed by atoms with van der Waals surface area (Å²) < 4.78 is 13.7. The van der Waals surface area contributed by atoms with Gasteiger partial charge in [0.2, 0.25) is 0 Å². The highest BCUT2D eigenvalue weighted by Gasteiger charge is 2.22. The van der Waals surface area contributed by atoms with Crippen molar-refractivity contribution < 1.29 is 9.23 Å². The summed E-state index contributed by atoms with van der Waals surface area (Å²) in [6, 6.07) is 26.2. The summed E-state index contributed by atoms with van der Waals surface area (Å²) in [6.07, 6.45) is 1.22. The number of halogens is 1. The molecule has 1 aliphatic rings. The van der Waals surface area contributed by atoms with Gasteiger partial charge in [0, 0.05) is 11.1 Å². The van der Waals surface area contributed by atoms with E-state index in [-0.39, 0.29) is 18.6 Å². The van der Waals surface area contributed by atoms with Crippen LogP contribution in [0.25, 0.3) is 0 Å². The maximum atomic E-state index is 13.7. The molecule has 0 saturated carbocycles. The molecule has 1 unspecified atom stereocenters. The number of aliphatic imine (C=N–C) groups is 2. The minimum absolute atomic E-state index is 0.0520. The molecule has 3 aromatic rings. The zero-order chi connectivity index (χ0) is 19.2. The normalized spacial score (nSPS) is 16.1. The summed E-state index contributed by atoms with van der Waals surface area (Å²) >= 11 is 0. The van der Waals surface area contributed by atoms with Crippen LogP contribution in [0.2, 0.25) is 0 Å². The largest absolute Gasteiger partial charge is 0.391 e. The Morgan fingerprint density at radius 3 is 2.29 bits per heavy atom. The van der Waals surface area contributed by atoms with Crippen molar-refractivity contribution in [2.75, 3.05) is 0 Å². The van der Waals surface area contributed by atoms with E-state index in [2.05, 4.69) is 10.1 Å². The summed E-state index contributed by atoms with van der Waals surface area (Å²) in [6.45, 7) is 0.0520. The molecule has 0 saturated heterocycles. The van der Waals surface area contributed by atoms with Crippen LogP contribution in [0, 0.1) is 5.82 Å². The molecule has 5 heteroatoms. The van der Waals surface area contributed by atoms with E-state index in [1.807, 2.05) is 60.7 Å². The second kappa shape index (κ2) is 8.39. The Morgan fingerprint density at radius 1 is 0.857 bits per heavy atom. The van der Waals surface area contributed by atoms with Gasteiger partial charge in [0.1, 0.15) is 18.1 Å². The maximum Gasteiger partial charge on any atom is 0.166 e. The van der Waals surface area contributed by atoms with Gasteiger partial charge >= 0.3 is 0 Å². The van der Waals surface area contributed by atoms with E-state index in [0.29, 0.717) is 11.3 Å². The predicted molar refractivity (Wildman–Crippen MR) is 109 cm³/mol. The first-order valence-corrected chi connectivity index (χ1v) is 8.96. The third-order valence-corrected chi connectivity index (χ3v) is 4.33. The van der Waals surface area contributed by atoms with Crippen LogP contribution in [0.5, 0.6) is 0 Å². The minimum Gasteiger partial charge on any atom is -0.391 e. The lowest BCUT2D eigenvalue weighted by Gasteiger charge is -2.03. The van der Waals surface area contributed by atoms with Gasteiger partial charge in [-0.1, -0.05) is 84.0 Å². The molecule has 4 rings (SSSR count). The van der Waals surface area contributed by atoms with Gasteiger partial charge in [0.25, 0.3) is 0 Å². The summed E-state index contributed by atoms with van der Waals surface area (Å²) in [4.78, 5) is 14.7. The lowest BCUT2D eigenvalue weighted by Crippen LogP contribution is -2.14. The van der Waals surface area contributed by atoms with Gasteiger partial charge in [0.15, 0.2) is 6.17 Å². The molecule has 3 aromatic carbocycles. The van der Waals surface area contributed by atoms with E-state index in [0.717, 1.165) is 16.8 Å². The molecular formula is C23H18FN3O. The first kappa shape index (κ1) is 17.8. The summed E-state index contributed by atoms with van der Waals surface area (Å²) in [5.41, 5.74) is 3.81. The first-order chi connectivity index (χ1) is 13.8. The maximum absolute atomic E-state index is 13.7. The first-order valence-electron chi connectivity index (χ1n) is 8.96. The van der Waals surface area contributed by atoms with Crippen LogP contribution in [-0.2, 0) is 11.4 Å². The second-order valence-electron chi connectivity index (χ2n) is 6.24. The van der Waals surface area contributed by atoms with Crippen molar-refractivity contribution in [3.63, 3.8) is 0 Å². The van der Waals surface area contributed by atoms with Crippen LogP contribution >= 0.6 is 0 Å². The van der Waals surface area contributed by atoms with Crippen molar-refractivity contribution in [3.05, 3.63) is 107 Å².